The van der Waals surface area contributed by atoms with Crippen molar-refractivity contribution in [2.45, 2.75) is 6.42 Å². The summed E-state index contributed by atoms with van der Waals surface area (Å²) in [4.78, 5) is 11.9. The first kappa shape index (κ1) is 14.8. The molecule has 3 rings (SSSR count). The average molecular weight is 304 g/mol. The lowest BCUT2D eigenvalue weighted by Gasteiger charge is -2.05. The van der Waals surface area contributed by atoms with Gasteiger partial charge in [-0.2, -0.15) is 5.10 Å². The Bertz CT molecular complexity index is 858. The van der Waals surface area contributed by atoms with Gasteiger partial charge in [0.25, 0.3) is 0 Å². The van der Waals surface area contributed by atoms with Gasteiger partial charge >= 0.3 is 0 Å². The number of nitrogens with zero attached hydrogens (tertiary/aromatic N) is 1. The van der Waals surface area contributed by atoms with Gasteiger partial charge in [0.1, 0.15) is 5.75 Å². The molecule has 0 aliphatic carbocycles. The summed E-state index contributed by atoms with van der Waals surface area (Å²) in [5, 5.41) is 15.9. The topological polar surface area (TPSA) is 61.7 Å². The quantitative estimate of drug-likeness (QED) is 0.574. The number of hydrogen-bond donors (Lipinski definition) is 2. The van der Waals surface area contributed by atoms with Crippen LogP contribution in [0.2, 0.25) is 0 Å². The van der Waals surface area contributed by atoms with Gasteiger partial charge in [0.2, 0.25) is 5.91 Å². The van der Waals surface area contributed by atoms with Crippen LogP contribution in [0.15, 0.2) is 71.8 Å². The summed E-state index contributed by atoms with van der Waals surface area (Å²) < 4.78 is 0. The number of nitrogens with one attached hydrogen (secondary N) is 1. The predicted molar refractivity (Wildman–Crippen MR) is 91.5 cm³/mol. The standard InChI is InChI=1S/C19H16N2O2/c22-18-11-10-15-8-4-5-9-16(15)17(18)13-20-21-19(23)12-14-6-2-1-3-7-14/h1-11,13,22H,12H2,(H,21,23). The van der Waals surface area contributed by atoms with Gasteiger partial charge in [-0.25, -0.2) is 5.43 Å². The lowest BCUT2D eigenvalue weighted by atomic mass is 10.0. The molecule has 0 bridgehead atoms. The van der Waals surface area contributed by atoms with Crippen LogP contribution in [-0.4, -0.2) is 17.2 Å². The van der Waals surface area contributed by atoms with Crippen LogP contribution in [0.25, 0.3) is 10.8 Å². The van der Waals surface area contributed by atoms with E-state index in [2.05, 4.69) is 10.5 Å². The molecule has 0 saturated heterocycles. The fourth-order valence-corrected chi connectivity index (χ4v) is 2.41. The number of benzene rings is 3. The minimum atomic E-state index is -0.202. The second-order valence-electron chi connectivity index (χ2n) is 5.18. The normalized spacial score (nSPS) is 11.0. The van der Waals surface area contributed by atoms with Crippen molar-refractivity contribution in [3.63, 3.8) is 0 Å². The third kappa shape index (κ3) is 3.55. The average Bonchev–Trinajstić information content (AvgIpc) is 2.58. The van der Waals surface area contributed by atoms with E-state index in [1.54, 1.807) is 6.07 Å². The van der Waals surface area contributed by atoms with Gasteiger partial charge in [0.15, 0.2) is 0 Å². The highest BCUT2D eigenvalue weighted by molar-refractivity contribution is 6.02. The Hall–Kier alpha value is -3.14. The first-order valence-electron chi connectivity index (χ1n) is 7.30. The van der Waals surface area contributed by atoms with Crippen LogP contribution < -0.4 is 5.43 Å². The van der Waals surface area contributed by atoms with E-state index in [1.165, 1.54) is 6.21 Å². The minimum Gasteiger partial charge on any atom is -0.507 e. The number of carbonyl (C=O) groups excluding carboxylic acids is 1. The van der Waals surface area contributed by atoms with Gasteiger partial charge < -0.3 is 5.11 Å². The molecule has 0 unspecified atom stereocenters. The fourth-order valence-electron chi connectivity index (χ4n) is 2.41. The van der Waals surface area contributed by atoms with Gasteiger partial charge in [0, 0.05) is 5.56 Å². The molecule has 3 aromatic carbocycles. The molecule has 0 heterocycles. The number of rotatable bonds is 4. The monoisotopic (exact) mass is 304 g/mol. The molecule has 0 fully saturated rings. The van der Waals surface area contributed by atoms with Crippen LogP contribution in [0.5, 0.6) is 5.75 Å². The first-order chi connectivity index (χ1) is 11.2. The number of aromatic hydroxyl groups is 1. The SMILES string of the molecule is O=C(Cc1ccccc1)NN=Cc1c(O)ccc2ccccc12. The molecule has 3 aromatic rings. The van der Waals surface area contributed by atoms with Crippen molar-refractivity contribution >= 4 is 22.9 Å². The number of fused-ring (bicyclic) bond motifs is 1. The van der Waals surface area contributed by atoms with Gasteiger partial charge in [-0.1, -0.05) is 60.7 Å². The maximum absolute atomic E-state index is 11.9. The summed E-state index contributed by atoms with van der Waals surface area (Å²) in [6.07, 6.45) is 1.74. The zero-order valence-corrected chi connectivity index (χ0v) is 12.4. The summed E-state index contributed by atoms with van der Waals surface area (Å²) >= 11 is 0. The molecule has 0 aromatic heterocycles. The Morgan fingerprint density at radius 1 is 1.00 bits per heavy atom. The Balaban J connectivity index is 1.73. The number of carbonyl (C=O) groups is 1. The second kappa shape index (κ2) is 6.75. The molecule has 0 aliphatic rings. The zero-order chi connectivity index (χ0) is 16.1. The lowest BCUT2D eigenvalue weighted by molar-refractivity contribution is -0.120. The van der Waals surface area contributed by atoms with Gasteiger partial charge in [0.05, 0.1) is 12.6 Å². The lowest BCUT2D eigenvalue weighted by Crippen LogP contribution is -2.19. The van der Waals surface area contributed by atoms with Crippen molar-refractivity contribution in [1.29, 1.82) is 0 Å². The van der Waals surface area contributed by atoms with Crippen molar-refractivity contribution in [3.05, 3.63) is 77.9 Å². The van der Waals surface area contributed by atoms with Crippen LogP contribution >= 0.6 is 0 Å². The highest BCUT2D eigenvalue weighted by atomic mass is 16.3. The van der Waals surface area contributed by atoms with Crippen molar-refractivity contribution < 1.29 is 9.90 Å². The molecule has 0 aliphatic heterocycles. The summed E-state index contributed by atoms with van der Waals surface area (Å²) in [5.41, 5.74) is 4.00. The maximum atomic E-state index is 11.9. The minimum absolute atomic E-state index is 0.129. The van der Waals surface area contributed by atoms with Crippen LogP contribution in [0.4, 0.5) is 0 Å². The van der Waals surface area contributed by atoms with E-state index < -0.39 is 0 Å². The van der Waals surface area contributed by atoms with Crippen molar-refractivity contribution in [3.8, 4) is 5.75 Å². The Morgan fingerprint density at radius 3 is 2.57 bits per heavy atom. The third-order valence-corrected chi connectivity index (χ3v) is 3.54. The summed E-state index contributed by atoms with van der Waals surface area (Å²) in [6.45, 7) is 0. The fraction of sp³-hybridized carbons (Fsp3) is 0.0526. The van der Waals surface area contributed by atoms with E-state index in [0.29, 0.717) is 5.56 Å². The molecule has 0 saturated carbocycles. The van der Waals surface area contributed by atoms with E-state index in [4.69, 9.17) is 0 Å². The summed E-state index contributed by atoms with van der Waals surface area (Å²) in [7, 11) is 0. The molecule has 4 nitrogen and oxygen atoms in total. The Kier molecular flexibility index (Phi) is 4.34. The van der Waals surface area contributed by atoms with Crippen LogP contribution in [-0.2, 0) is 11.2 Å². The van der Waals surface area contributed by atoms with Crippen LogP contribution in [0.1, 0.15) is 11.1 Å². The largest absolute Gasteiger partial charge is 0.507 e. The van der Waals surface area contributed by atoms with Crippen LogP contribution in [0.3, 0.4) is 0 Å². The number of phenolic OH excluding ortho intramolecular Hbond substituents is 1. The molecule has 0 spiro atoms. The smallest absolute Gasteiger partial charge is 0.244 e. The van der Waals surface area contributed by atoms with E-state index in [0.717, 1.165) is 16.3 Å². The Morgan fingerprint density at radius 2 is 1.74 bits per heavy atom. The maximum Gasteiger partial charge on any atom is 0.244 e. The highest BCUT2D eigenvalue weighted by Crippen LogP contribution is 2.25. The van der Waals surface area contributed by atoms with Gasteiger partial charge in [-0.3, -0.25) is 4.79 Å². The highest BCUT2D eigenvalue weighted by Gasteiger charge is 2.05. The zero-order valence-electron chi connectivity index (χ0n) is 12.4. The van der Waals surface area contributed by atoms with Crippen molar-refractivity contribution in [2.24, 2.45) is 5.10 Å². The molecule has 4 heteroatoms. The number of hydrazone groups is 1. The third-order valence-electron chi connectivity index (χ3n) is 3.54. The molecular formula is C19H16N2O2. The molecule has 0 atom stereocenters. The Labute approximate surface area is 134 Å². The van der Waals surface area contributed by atoms with E-state index >= 15 is 0 Å². The summed E-state index contributed by atoms with van der Waals surface area (Å²) in [6, 6.07) is 20.6. The van der Waals surface area contributed by atoms with Crippen molar-refractivity contribution in [2.75, 3.05) is 0 Å². The van der Waals surface area contributed by atoms with Crippen LogP contribution in [0, 0.1) is 0 Å². The van der Waals surface area contributed by atoms with E-state index in [9.17, 15) is 9.90 Å². The summed E-state index contributed by atoms with van der Waals surface area (Å²) in [5.74, 6) is -0.0723. The predicted octanol–water partition coefficient (Wildman–Crippen LogP) is 3.24. The van der Waals surface area contributed by atoms with Crippen molar-refractivity contribution in [1.82, 2.24) is 5.43 Å². The molecule has 114 valence electrons. The van der Waals surface area contributed by atoms with E-state index in [-0.39, 0.29) is 18.1 Å². The molecule has 23 heavy (non-hydrogen) atoms. The first-order valence-corrected chi connectivity index (χ1v) is 7.30. The number of hydrogen-bond acceptors (Lipinski definition) is 3. The van der Waals surface area contributed by atoms with Gasteiger partial charge in [-0.05, 0) is 22.4 Å². The van der Waals surface area contributed by atoms with E-state index in [1.807, 2.05) is 60.7 Å². The number of phenols is 1. The number of amides is 1. The second-order valence-corrected chi connectivity index (χ2v) is 5.18. The molecule has 2 N–H and O–H groups in total. The molecular weight excluding hydrogens is 288 g/mol. The van der Waals surface area contributed by atoms with Gasteiger partial charge in [-0.15, -0.1) is 0 Å². The molecule has 0 radical (unpaired) electrons. The molecule has 1 amide bonds.